The maximum atomic E-state index is 10.7. The first-order valence-electron chi connectivity index (χ1n) is 10.9. The normalized spacial score (nSPS) is 12.2. The Morgan fingerprint density at radius 3 is 2.34 bits per heavy atom. The lowest BCUT2D eigenvalue weighted by molar-refractivity contribution is 0.0917. The standard InChI is InChI=1S/C27H30N2O3/c1-18-12-13-23(14-21(18)4)31-16-22(30)15-29-25-11-6-5-10-24(25)28-26(29)17-32-27-19(2)8-7-9-20(27)3/h5-14,22,30H,15-17H2,1-4H3. The minimum absolute atomic E-state index is 0.201. The first kappa shape index (κ1) is 21.9. The second kappa shape index (κ2) is 9.45. The lowest BCUT2D eigenvalue weighted by Gasteiger charge is -2.17. The van der Waals surface area contributed by atoms with E-state index in [2.05, 4.69) is 13.8 Å². The van der Waals surface area contributed by atoms with Crippen LogP contribution in [0, 0.1) is 27.7 Å². The predicted octanol–water partition coefficient (Wildman–Crippen LogP) is 5.29. The lowest BCUT2D eigenvalue weighted by atomic mass is 10.1. The van der Waals surface area contributed by atoms with Crippen LogP contribution in [0.2, 0.25) is 0 Å². The molecule has 4 rings (SSSR count). The molecule has 32 heavy (non-hydrogen) atoms. The van der Waals surface area contributed by atoms with Crippen LogP contribution in [0.4, 0.5) is 0 Å². The van der Waals surface area contributed by atoms with Gasteiger partial charge in [-0.1, -0.05) is 36.4 Å². The Morgan fingerprint density at radius 1 is 0.844 bits per heavy atom. The second-order valence-corrected chi connectivity index (χ2v) is 8.35. The monoisotopic (exact) mass is 430 g/mol. The predicted molar refractivity (Wildman–Crippen MR) is 127 cm³/mol. The number of para-hydroxylation sites is 3. The van der Waals surface area contributed by atoms with Gasteiger partial charge in [-0.15, -0.1) is 0 Å². The van der Waals surface area contributed by atoms with Crippen molar-refractivity contribution in [1.29, 1.82) is 0 Å². The molecule has 0 aliphatic heterocycles. The van der Waals surface area contributed by atoms with Gasteiger partial charge in [-0.25, -0.2) is 4.98 Å². The smallest absolute Gasteiger partial charge is 0.148 e. The van der Waals surface area contributed by atoms with Crippen LogP contribution in [0.15, 0.2) is 60.7 Å². The minimum atomic E-state index is -0.687. The van der Waals surface area contributed by atoms with Gasteiger partial charge in [0, 0.05) is 0 Å². The Morgan fingerprint density at radius 2 is 1.59 bits per heavy atom. The van der Waals surface area contributed by atoms with Crippen LogP contribution < -0.4 is 9.47 Å². The van der Waals surface area contributed by atoms with E-state index < -0.39 is 6.10 Å². The fourth-order valence-corrected chi connectivity index (χ4v) is 3.86. The summed E-state index contributed by atoms with van der Waals surface area (Å²) in [5, 5.41) is 10.7. The van der Waals surface area contributed by atoms with E-state index in [0.29, 0.717) is 13.2 Å². The summed E-state index contributed by atoms with van der Waals surface area (Å²) < 4.78 is 14.0. The van der Waals surface area contributed by atoms with E-state index in [1.165, 1.54) is 11.1 Å². The SMILES string of the molecule is Cc1ccc(OCC(O)Cn2c(COc3c(C)cccc3C)nc3ccccc32)cc1C. The summed E-state index contributed by atoms with van der Waals surface area (Å²) in [5.41, 5.74) is 6.43. The van der Waals surface area contributed by atoms with Crippen molar-refractivity contribution >= 4 is 11.0 Å². The van der Waals surface area contributed by atoms with E-state index in [9.17, 15) is 5.11 Å². The number of imidazole rings is 1. The van der Waals surface area contributed by atoms with E-state index in [-0.39, 0.29) is 6.61 Å². The average Bonchev–Trinajstić information content (AvgIpc) is 3.11. The molecule has 166 valence electrons. The van der Waals surface area contributed by atoms with Gasteiger partial charge in [0.1, 0.15) is 36.6 Å². The van der Waals surface area contributed by atoms with Gasteiger partial charge in [0.2, 0.25) is 0 Å². The van der Waals surface area contributed by atoms with Gasteiger partial charge < -0.3 is 19.1 Å². The molecule has 0 bridgehead atoms. The highest BCUT2D eigenvalue weighted by Gasteiger charge is 2.16. The molecular weight excluding hydrogens is 400 g/mol. The highest BCUT2D eigenvalue weighted by molar-refractivity contribution is 5.75. The summed E-state index contributed by atoms with van der Waals surface area (Å²) in [5.74, 6) is 2.42. The molecule has 4 aromatic rings. The molecule has 0 spiro atoms. The Balaban J connectivity index is 1.51. The van der Waals surface area contributed by atoms with Gasteiger partial charge in [-0.05, 0) is 74.2 Å². The molecule has 1 aromatic heterocycles. The third-order valence-electron chi connectivity index (χ3n) is 5.80. The Labute approximate surface area is 189 Å². The maximum absolute atomic E-state index is 10.7. The van der Waals surface area contributed by atoms with E-state index in [0.717, 1.165) is 39.5 Å². The van der Waals surface area contributed by atoms with Gasteiger partial charge in [0.15, 0.2) is 0 Å². The zero-order valence-electron chi connectivity index (χ0n) is 19.1. The number of fused-ring (bicyclic) bond motifs is 1. The number of nitrogens with zero attached hydrogens (tertiary/aromatic N) is 2. The molecule has 0 fully saturated rings. The first-order chi connectivity index (χ1) is 15.4. The number of aliphatic hydroxyl groups excluding tert-OH is 1. The van der Waals surface area contributed by atoms with Crippen LogP contribution in [0.3, 0.4) is 0 Å². The molecule has 5 heteroatoms. The van der Waals surface area contributed by atoms with Crippen LogP contribution in [-0.4, -0.2) is 27.4 Å². The molecule has 1 N–H and O–H groups in total. The van der Waals surface area contributed by atoms with Gasteiger partial charge in [0.25, 0.3) is 0 Å². The number of benzene rings is 3. The van der Waals surface area contributed by atoms with Crippen molar-refractivity contribution in [2.24, 2.45) is 0 Å². The number of hydrogen-bond acceptors (Lipinski definition) is 4. The van der Waals surface area contributed by atoms with Crippen molar-refractivity contribution in [3.05, 3.63) is 88.7 Å². The lowest BCUT2D eigenvalue weighted by Crippen LogP contribution is -2.25. The fraction of sp³-hybridized carbons (Fsp3) is 0.296. The third-order valence-corrected chi connectivity index (χ3v) is 5.80. The largest absolute Gasteiger partial charge is 0.491 e. The van der Waals surface area contributed by atoms with E-state index in [4.69, 9.17) is 14.5 Å². The molecule has 0 radical (unpaired) electrons. The topological polar surface area (TPSA) is 56.5 Å². The van der Waals surface area contributed by atoms with Crippen LogP contribution in [-0.2, 0) is 13.2 Å². The molecule has 0 aliphatic carbocycles. The zero-order chi connectivity index (χ0) is 22.7. The van der Waals surface area contributed by atoms with Crippen molar-refractivity contribution in [3.63, 3.8) is 0 Å². The molecule has 5 nitrogen and oxygen atoms in total. The van der Waals surface area contributed by atoms with Crippen LogP contribution in [0.25, 0.3) is 11.0 Å². The number of hydrogen-bond donors (Lipinski definition) is 1. The van der Waals surface area contributed by atoms with Gasteiger partial charge in [-0.2, -0.15) is 0 Å². The number of rotatable bonds is 8. The molecule has 1 atom stereocenters. The van der Waals surface area contributed by atoms with Gasteiger partial charge in [-0.3, -0.25) is 0 Å². The van der Waals surface area contributed by atoms with E-state index >= 15 is 0 Å². The number of aromatic nitrogens is 2. The minimum Gasteiger partial charge on any atom is -0.491 e. The molecule has 3 aromatic carbocycles. The maximum Gasteiger partial charge on any atom is 0.148 e. The van der Waals surface area contributed by atoms with Crippen LogP contribution >= 0.6 is 0 Å². The molecule has 0 aliphatic rings. The molecule has 0 amide bonds. The van der Waals surface area contributed by atoms with Crippen molar-refractivity contribution in [1.82, 2.24) is 9.55 Å². The third kappa shape index (κ3) is 4.78. The fourth-order valence-electron chi connectivity index (χ4n) is 3.86. The van der Waals surface area contributed by atoms with Crippen LogP contribution in [0.1, 0.15) is 28.1 Å². The van der Waals surface area contributed by atoms with Crippen molar-refractivity contribution in [3.8, 4) is 11.5 Å². The van der Waals surface area contributed by atoms with E-state index in [1.807, 2.05) is 79.1 Å². The zero-order valence-corrected chi connectivity index (χ0v) is 19.1. The summed E-state index contributed by atoms with van der Waals surface area (Å²) in [4.78, 5) is 4.77. The number of aryl methyl sites for hydroxylation is 4. The van der Waals surface area contributed by atoms with Crippen molar-refractivity contribution < 1.29 is 14.6 Å². The highest BCUT2D eigenvalue weighted by atomic mass is 16.5. The molecule has 0 saturated heterocycles. The Bertz CT molecular complexity index is 1210. The van der Waals surface area contributed by atoms with Crippen LogP contribution in [0.5, 0.6) is 11.5 Å². The molecule has 1 unspecified atom stereocenters. The Hall–Kier alpha value is -3.31. The first-order valence-corrected chi connectivity index (χ1v) is 10.9. The molecule has 1 heterocycles. The number of aliphatic hydroxyl groups is 1. The summed E-state index contributed by atoms with van der Waals surface area (Å²) in [7, 11) is 0. The van der Waals surface area contributed by atoms with Crippen molar-refractivity contribution in [2.45, 2.75) is 47.0 Å². The summed E-state index contributed by atoms with van der Waals surface area (Å²) in [6, 6.07) is 20.0. The molecule has 0 saturated carbocycles. The average molecular weight is 431 g/mol. The highest BCUT2D eigenvalue weighted by Crippen LogP contribution is 2.25. The van der Waals surface area contributed by atoms with Crippen molar-refractivity contribution in [2.75, 3.05) is 6.61 Å². The van der Waals surface area contributed by atoms with Gasteiger partial charge in [0.05, 0.1) is 17.6 Å². The quantitative estimate of drug-likeness (QED) is 0.413. The molecular formula is C27H30N2O3. The number of ether oxygens (including phenoxy) is 2. The Kier molecular flexibility index (Phi) is 6.47. The summed E-state index contributed by atoms with van der Waals surface area (Å²) in [6.45, 7) is 9.10. The summed E-state index contributed by atoms with van der Waals surface area (Å²) in [6.07, 6.45) is -0.687. The summed E-state index contributed by atoms with van der Waals surface area (Å²) >= 11 is 0. The van der Waals surface area contributed by atoms with Gasteiger partial charge >= 0.3 is 0 Å². The van der Waals surface area contributed by atoms with E-state index in [1.54, 1.807) is 0 Å². The second-order valence-electron chi connectivity index (χ2n) is 8.35.